The van der Waals surface area contributed by atoms with Crippen LogP contribution >= 0.6 is 11.8 Å². The zero-order valence-electron chi connectivity index (χ0n) is 12.1. The van der Waals surface area contributed by atoms with E-state index in [1.54, 1.807) is 0 Å². The van der Waals surface area contributed by atoms with E-state index in [1.165, 1.54) is 6.07 Å². The van der Waals surface area contributed by atoms with Crippen LogP contribution in [0.1, 0.15) is 19.8 Å². The van der Waals surface area contributed by atoms with Crippen LogP contribution < -0.4 is 10.1 Å². The number of benzene rings is 1. The summed E-state index contributed by atoms with van der Waals surface area (Å²) < 4.78 is 31.3. The van der Waals surface area contributed by atoms with E-state index in [0.29, 0.717) is 18.9 Å². The SMILES string of the molecule is CC(COc1ccc(F)c(F)c1)NCC1(O)CCSCC1. The second kappa shape index (κ2) is 7.42. The number of halogens is 2. The number of hydrogen-bond donors (Lipinski definition) is 2. The molecule has 0 spiro atoms. The van der Waals surface area contributed by atoms with Crippen LogP contribution in [-0.2, 0) is 0 Å². The number of aliphatic hydroxyl groups is 1. The zero-order chi connectivity index (χ0) is 15.3. The van der Waals surface area contributed by atoms with Gasteiger partial charge in [0.2, 0.25) is 0 Å². The Kier molecular flexibility index (Phi) is 5.84. The van der Waals surface area contributed by atoms with Gasteiger partial charge in [-0.3, -0.25) is 0 Å². The van der Waals surface area contributed by atoms with Crippen LogP contribution in [0.3, 0.4) is 0 Å². The van der Waals surface area contributed by atoms with Gasteiger partial charge in [0.1, 0.15) is 12.4 Å². The molecule has 1 aromatic rings. The molecule has 1 aromatic carbocycles. The van der Waals surface area contributed by atoms with Crippen LogP contribution in [0.25, 0.3) is 0 Å². The third-order valence-electron chi connectivity index (χ3n) is 3.59. The summed E-state index contributed by atoms with van der Waals surface area (Å²) in [4.78, 5) is 0. The van der Waals surface area contributed by atoms with E-state index in [0.717, 1.165) is 36.5 Å². The molecule has 0 bridgehead atoms. The standard InChI is InChI=1S/C15H21F2NO2S/c1-11(18-10-15(19)4-6-21-7-5-15)9-20-12-2-3-13(16)14(17)8-12/h2-3,8,11,18-19H,4-7,9-10H2,1H3. The fourth-order valence-corrected chi connectivity index (χ4v) is 3.39. The summed E-state index contributed by atoms with van der Waals surface area (Å²) in [6, 6.07) is 3.49. The molecule has 2 N–H and O–H groups in total. The number of hydrogen-bond acceptors (Lipinski definition) is 4. The Bertz CT molecular complexity index is 467. The molecule has 0 aliphatic carbocycles. The van der Waals surface area contributed by atoms with Crippen molar-refractivity contribution >= 4 is 11.8 Å². The van der Waals surface area contributed by atoms with Crippen molar-refractivity contribution in [3.8, 4) is 5.75 Å². The van der Waals surface area contributed by atoms with Crippen molar-refractivity contribution in [3.63, 3.8) is 0 Å². The van der Waals surface area contributed by atoms with E-state index in [9.17, 15) is 13.9 Å². The average molecular weight is 317 g/mol. The summed E-state index contributed by atoms with van der Waals surface area (Å²) in [6.07, 6.45) is 1.59. The van der Waals surface area contributed by atoms with E-state index in [-0.39, 0.29) is 6.04 Å². The van der Waals surface area contributed by atoms with Gasteiger partial charge in [-0.15, -0.1) is 0 Å². The lowest BCUT2D eigenvalue weighted by atomic mass is 9.96. The molecule has 1 fully saturated rings. The third kappa shape index (κ3) is 5.13. The fraction of sp³-hybridized carbons (Fsp3) is 0.600. The van der Waals surface area contributed by atoms with Gasteiger partial charge in [0.15, 0.2) is 11.6 Å². The first kappa shape index (κ1) is 16.5. The van der Waals surface area contributed by atoms with Gasteiger partial charge in [-0.2, -0.15) is 11.8 Å². The zero-order valence-corrected chi connectivity index (χ0v) is 12.9. The first-order valence-corrected chi connectivity index (χ1v) is 8.25. The Morgan fingerprint density at radius 2 is 2.05 bits per heavy atom. The van der Waals surface area contributed by atoms with E-state index in [2.05, 4.69) is 5.32 Å². The molecule has 6 heteroatoms. The van der Waals surface area contributed by atoms with Crippen molar-refractivity contribution in [3.05, 3.63) is 29.8 Å². The minimum Gasteiger partial charge on any atom is -0.492 e. The van der Waals surface area contributed by atoms with Crippen molar-refractivity contribution in [2.24, 2.45) is 0 Å². The Hall–Kier alpha value is -0.850. The quantitative estimate of drug-likeness (QED) is 0.846. The number of rotatable bonds is 6. The molecule has 2 rings (SSSR count). The normalized spacial score (nSPS) is 19.2. The van der Waals surface area contributed by atoms with Gasteiger partial charge >= 0.3 is 0 Å². The largest absolute Gasteiger partial charge is 0.492 e. The predicted molar refractivity (Wildman–Crippen MR) is 80.8 cm³/mol. The van der Waals surface area contributed by atoms with Gasteiger partial charge in [0.05, 0.1) is 5.60 Å². The highest BCUT2D eigenvalue weighted by molar-refractivity contribution is 7.99. The van der Waals surface area contributed by atoms with Crippen molar-refractivity contribution in [1.29, 1.82) is 0 Å². The molecule has 0 saturated carbocycles. The molecule has 3 nitrogen and oxygen atoms in total. The predicted octanol–water partition coefficient (Wildman–Crippen LogP) is 2.58. The van der Waals surface area contributed by atoms with Gasteiger partial charge < -0.3 is 15.2 Å². The number of ether oxygens (including phenoxy) is 1. The first-order valence-electron chi connectivity index (χ1n) is 7.10. The molecule has 118 valence electrons. The lowest BCUT2D eigenvalue weighted by Crippen LogP contribution is -2.47. The first-order chi connectivity index (χ1) is 9.98. The van der Waals surface area contributed by atoms with E-state index < -0.39 is 17.2 Å². The molecule has 1 aliphatic rings. The molecule has 1 atom stereocenters. The topological polar surface area (TPSA) is 41.5 Å². The van der Waals surface area contributed by atoms with Crippen LogP contribution in [0.4, 0.5) is 8.78 Å². The fourth-order valence-electron chi connectivity index (χ4n) is 2.14. The number of nitrogens with one attached hydrogen (secondary N) is 1. The smallest absolute Gasteiger partial charge is 0.162 e. The molecule has 1 unspecified atom stereocenters. The Balaban J connectivity index is 1.74. The summed E-state index contributed by atoms with van der Waals surface area (Å²) in [5.41, 5.74) is -0.637. The van der Waals surface area contributed by atoms with E-state index >= 15 is 0 Å². The highest BCUT2D eigenvalue weighted by Crippen LogP contribution is 2.26. The summed E-state index contributed by atoms with van der Waals surface area (Å²) >= 11 is 1.86. The Labute approximate surface area is 128 Å². The molecule has 1 heterocycles. The molecule has 21 heavy (non-hydrogen) atoms. The Morgan fingerprint density at radius 3 is 2.71 bits per heavy atom. The summed E-state index contributed by atoms with van der Waals surface area (Å²) in [6.45, 7) is 2.78. The Morgan fingerprint density at radius 1 is 1.33 bits per heavy atom. The van der Waals surface area contributed by atoms with Crippen LogP contribution in [0.15, 0.2) is 18.2 Å². The summed E-state index contributed by atoms with van der Waals surface area (Å²) in [5.74, 6) is 0.471. The average Bonchev–Trinajstić information content (AvgIpc) is 2.47. The van der Waals surface area contributed by atoms with Crippen LogP contribution in [0, 0.1) is 11.6 Å². The van der Waals surface area contributed by atoms with Crippen molar-refractivity contribution in [2.45, 2.75) is 31.4 Å². The maximum absolute atomic E-state index is 13.0. The molecule has 1 aliphatic heterocycles. The second-order valence-corrected chi connectivity index (χ2v) is 6.73. The highest BCUT2D eigenvalue weighted by Gasteiger charge is 2.29. The van der Waals surface area contributed by atoms with Gasteiger partial charge in [-0.25, -0.2) is 8.78 Å². The minimum absolute atomic E-state index is 0.0109. The summed E-state index contributed by atoms with van der Waals surface area (Å²) in [7, 11) is 0. The van der Waals surface area contributed by atoms with Gasteiger partial charge in [0.25, 0.3) is 0 Å². The lowest BCUT2D eigenvalue weighted by molar-refractivity contribution is 0.0286. The van der Waals surface area contributed by atoms with Gasteiger partial charge in [-0.1, -0.05) is 0 Å². The monoisotopic (exact) mass is 317 g/mol. The molecule has 0 aromatic heterocycles. The molecular weight excluding hydrogens is 296 g/mol. The van der Waals surface area contributed by atoms with Crippen molar-refractivity contribution in [2.75, 3.05) is 24.7 Å². The van der Waals surface area contributed by atoms with Crippen LogP contribution in [-0.4, -0.2) is 41.4 Å². The molecule has 0 radical (unpaired) electrons. The van der Waals surface area contributed by atoms with Gasteiger partial charge in [0, 0.05) is 18.7 Å². The van der Waals surface area contributed by atoms with E-state index in [1.807, 2.05) is 18.7 Å². The lowest BCUT2D eigenvalue weighted by Gasteiger charge is -2.33. The third-order valence-corrected chi connectivity index (χ3v) is 4.58. The minimum atomic E-state index is -0.915. The van der Waals surface area contributed by atoms with Crippen LogP contribution in [0.2, 0.25) is 0 Å². The van der Waals surface area contributed by atoms with Gasteiger partial charge in [-0.05, 0) is 43.4 Å². The molecule has 1 saturated heterocycles. The summed E-state index contributed by atoms with van der Waals surface area (Å²) in [5, 5.41) is 13.6. The number of thioether (sulfide) groups is 1. The molecular formula is C15H21F2NO2S. The highest BCUT2D eigenvalue weighted by atomic mass is 32.2. The van der Waals surface area contributed by atoms with Crippen molar-refractivity contribution < 1.29 is 18.6 Å². The van der Waals surface area contributed by atoms with Crippen molar-refractivity contribution in [1.82, 2.24) is 5.32 Å². The van der Waals surface area contributed by atoms with Crippen LogP contribution in [0.5, 0.6) is 5.75 Å². The maximum Gasteiger partial charge on any atom is 0.162 e. The maximum atomic E-state index is 13.0. The molecule has 0 amide bonds. The second-order valence-electron chi connectivity index (χ2n) is 5.51. The van der Waals surface area contributed by atoms with E-state index in [4.69, 9.17) is 4.74 Å².